The lowest BCUT2D eigenvalue weighted by molar-refractivity contribution is 0.122. The van der Waals surface area contributed by atoms with Crippen LogP contribution in [0, 0.1) is 0 Å². The van der Waals surface area contributed by atoms with E-state index in [1.54, 1.807) is 0 Å². The smallest absolute Gasteiger partial charge is 0.0696 e. The number of benzene rings is 1. The summed E-state index contributed by atoms with van der Waals surface area (Å²) in [5.74, 6) is 0. The van der Waals surface area contributed by atoms with Gasteiger partial charge in [-0.25, -0.2) is 0 Å². The molecule has 0 aromatic heterocycles. The molecule has 82 valence electrons. The summed E-state index contributed by atoms with van der Waals surface area (Å²) in [6.45, 7) is 3.31. The van der Waals surface area contributed by atoms with Crippen LogP contribution in [0.2, 0.25) is 5.02 Å². The highest BCUT2D eigenvalue weighted by molar-refractivity contribution is 6.31. The van der Waals surface area contributed by atoms with E-state index in [1.807, 2.05) is 18.2 Å². The molecule has 1 saturated heterocycles. The molecule has 0 unspecified atom stereocenters. The second-order valence-corrected chi connectivity index (χ2v) is 3.94. The molecule has 1 N–H and O–H groups in total. The third-order valence-electron chi connectivity index (χ3n) is 2.58. The molecule has 1 aliphatic heterocycles. The van der Waals surface area contributed by atoms with E-state index in [0.717, 1.165) is 37.6 Å². The minimum Gasteiger partial charge on any atom is -0.392 e. The highest BCUT2D eigenvalue weighted by Crippen LogP contribution is 2.24. The van der Waals surface area contributed by atoms with Crippen LogP contribution < -0.4 is 4.90 Å². The Morgan fingerprint density at radius 2 is 2.07 bits per heavy atom. The topological polar surface area (TPSA) is 32.7 Å². The Labute approximate surface area is 94.2 Å². The first-order valence-electron chi connectivity index (χ1n) is 5.03. The Hall–Kier alpha value is -0.770. The molecule has 0 radical (unpaired) electrons. The molecule has 0 bridgehead atoms. The maximum atomic E-state index is 9.00. The van der Waals surface area contributed by atoms with Crippen molar-refractivity contribution in [1.82, 2.24) is 0 Å². The van der Waals surface area contributed by atoms with Crippen LogP contribution in [0.5, 0.6) is 0 Å². The summed E-state index contributed by atoms with van der Waals surface area (Å²) in [6.07, 6.45) is 0. The number of aliphatic hydroxyl groups is 1. The van der Waals surface area contributed by atoms with Gasteiger partial charge in [-0.3, -0.25) is 0 Å². The first-order valence-corrected chi connectivity index (χ1v) is 5.41. The summed E-state index contributed by atoms with van der Waals surface area (Å²) in [5.41, 5.74) is 1.87. The molecule has 0 atom stereocenters. The minimum absolute atomic E-state index is 0.0117. The van der Waals surface area contributed by atoms with E-state index < -0.39 is 0 Å². The summed E-state index contributed by atoms with van der Waals surface area (Å²) in [5, 5.41) is 9.63. The standard InChI is InChI=1S/C11H14ClNO2/c12-11-7-10(2-1-9(11)8-14)13-3-5-15-6-4-13/h1-2,7,14H,3-6,8H2. The van der Waals surface area contributed by atoms with E-state index in [4.69, 9.17) is 21.4 Å². The molecule has 0 spiro atoms. The number of morpholine rings is 1. The fourth-order valence-electron chi connectivity index (χ4n) is 1.68. The zero-order valence-corrected chi connectivity index (χ0v) is 9.20. The maximum absolute atomic E-state index is 9.00. The number of aliphatic hydroxyl groups excluding tert-OH is 1. The molecular formula is C11H14ClNO2. The normalized spacial score (nSPS) is 16.8. The van der Waals surface area contributed by atoms with Crippen molar-refractivity contribution in [2.75, 3.05) is 31.2 Å². The van der Waals surface area contributed by atoms with Crippen LogP contribution in [-0.4, -0.2) is 31.4 Å². The molecule has 0 amide bonds. The monoisotopic (exact) mass is 227 g/mol. The Balaban J connectivity index is 2.17. The van der Waals surface area contributed by atoms with Crippen molar-refractivity contribution in [1.29, 1.82) is 0 Å². The molecule has 1 fully saturated rings. The van der Waals surface area contributed by atoms with E-state index in [1.165, 1.54) is 0 Å². The molecule has 0 saturated carbocycles. The molecule has 1 aromatic carbocycles. The maximum Gasteiger partial charge on any atom is 0.0696 e. The van der Waals surface area contributed by atoms with Crippen LogP contribution in [-0.2, 0) is 11.3 Å². The molecule has 0 aliphatic carbocycles. The lowest BCUT2D eigenvalue weighted by atomic mass is 10.2. The summed E-state index contributed by atoms with van der Waals surface area (Å²) >= 11 is 6.03. The average molecular weight is 228 g/mol. The zero-order chi connectivity index (χ0) is 10.7. The van der Waals surface area contributed by atoms with Gasteiger partial charge < -0.3 is 14.7 Å². The van der Waals surface area contributed by atoms with Gasteiger partial charge >= 0.3 is 0 Å². The van der Waals surface area contributed by atoms with Crippen molar-refractivity contribution in [3.8, 4) is 0 Å². The summed E-state index contributed by atoms with van der Waals surface area (Å²) in [6, 6.07) is 5.76. The number of hydrogen-bond donors (Lipinski definition) is 1. The fraction of sp³-hybridized carbons (Fsp3) is 0.455. The quantitative estimate of drug-likeness (QED) is 0.835. The Kier molecular flexibility index (Phi) is 3.46. The molecule has 3 nitrogen and oxygen atoms in total. The lowest BCUT2D eigenvalue weighted by Gasteiger charge is -2.29. The average Bonchev–Trinajstić information content (AvgIpc) is 2.30. The van der Waals surface area contributed by atoms with Crippen LogP contribution in [0.15, 0.2) is 18.2 Å². The van der Waals surface area contributed by atoms with Crippen molar-refractivity contribution in [2.24, 2.45) is 0 Å². The van der Waals surface area contributed by atoms with Crippen molar-refractivity contribution in [3.05, 3.63) is 28.8 Å². The van der Waals surface area contributed by atoms with E-state index >= 15 is 0 Å². The van der Waals surface area contributed by atoms with Crippen LogP contribution in [0.4, 0.5) is 5.69 Å². The molecule has 1 aromatic rings. The number of hydrogen-bond acceptors (Lipinski definition) is 3. The van der Waals surface area contributed by atoms with Crippen molar-refractivity contribution in [3.63, 3.8) is 0 Å². The Morgan fingerprint density at radius 3 is 2.67 bits per heavy atom. The van der Waals surface area contributed by atoms with Crippen LogP contribution in [0.25, 0.3) is 0 Å². The van der Waals surface area contributed by atoms with Crippen LogP contribution in [0.3, 0.4) is 0 Å². The van der Waals surface area contributed by atoms with Crippen LogP contribution >= 0.6 is 11.6 Å². The van der Waals surface area contributed by atoms with Gasteiger partial charge in [-0.1, -0.05) is 17.7 Å². The van der Waals surface area contributed by atoms with Gasteiger partial charge in [-0.05, 0) is 17.7 Å². The molecule has 2 rings (SSSR count). The minimum atomic E-state index is -0.0117. The highest BCUT2D eigenvalue weighted by Gasteiger charge is 2.12. The van der Waals surface area contributed by atoms with Gasteiger partial charge in [-0.2, -0.15) is 0 Å². The third kappa shape index (κ3) is 2.43. The predicted molar refractivity (Wildman–Crippen MR) is 60.4 cm³/mol. The molecule has 1 aliphatic rings. The molecule has 15 heavy (non-hydrogen) atoms. The van der Waals surface area contributed by atoms with E-state index in [2.05, 4.69) is 4.90 Å². The Bertz CT molecular complexity index is 337. The largest absolute Gasteiger partial charge is 0.392 e. The number of halogens is 1. The SMILES string of the molecule is OCc1ccc(N2CCOCC2)cc1Cl. The van der Waals surface area contributed by atoms with Crippen molar-refractivity contribution < 1.29 is 9.84 Å². The number of nitrogens with zero attached hydrogens (tertiary/aromatic N) is 1. The van der Waals surface area contributed by atoms with Gasteiger partial charge in [0, 0.05) is 23.8 Å². The Morgan fingerprint density at radius 1 is 1.33 bits per heavy atom. The van der Waals surface area contributed by atoms with Gasteiger partial charge in [-0.15, -0.1) is 0 Å². The van der Waals surface area contributed by atoms with E-state index in [0.29, 0.717) is 5.02 Å². The summed E-state index contributed by atoms with van der Waals surface area (Å²) < 4.78 is 5.28. The summed E-state index contributed by atoms with van der Waals surface area (Å²) in [7, 11) is 0. The fourth-order valence-corrected chi connectivity index (χ4v) is 1.92. The first-order chi connectivity index (χ1) is 7.31. The number of rotatable bonds is 2. The molecular weight excluding hydrogens is 214 g/mol. The number of ether oxygens (including phenoxy) is 1. The van der Waals surface area contributed by atoms with Crippen molar-refractivity contribution >= 4 is 17.3 Å². The third-order valence-corrected chi connectivity index (χ3v) is 2.94. The van der Waals surface area contributed by atoms with E-state index in [-0.39, 0.29) is 6.61 Å². The van der Waals surface area contributed by atoms with Gasteiger partial charge in [0.15, 0.2) is 0 Å². The second kappa shape index (κ2) is 4.84. The zero-order valence-electron chi connectivity index (χ0n) is 8.45. The van der Waals surface area contributed by atoms with Gasteiger partial charge in [0.05, 0.1) is 19.8 Å². The highest BCUT2D eigenvalue weighted by atomic mass is 35.5. The van der Waals surface area contributed by atoms with Gasteiger partial charge in [0.1, 0.15) is 0 Å². The molecule has 4 heteroatoms. The first kappa shape index (κ1) is 10.7. The second-order valence-electron chi connectivity index (χ2n) is 3.53. The van der Waals surface area contributed by atoms with Gasteiger partial charge in [0.25, 0.3) is 0 Å². The summed E-state index contributed by atoms with van der Waals surface area (Å²) in [4.78, 5) is 2.23. The van der Waals surface area contributed by atoms with Crippen molar-refractivity contribution in [2.45, 2.75) is 6.61 Å². The van der Waals surface area contributed by atoms with E-state index in [9.17, 15) is 0 Å². The predicted octanol–water partition coefficient (Wildman–Crippen LogP) is 1.67. The lowest BCUT2D eigenvalue weighted by Crippen LogP contribution is -2.36. The molecule has 1 heterocycles. The number of anilines is 1. The van der Waals surface area contributed by atoms with Gasteiger partial charge in [0.2, 0.25) is 0 Å². The van der Waals surface area contributed by atoms with Crippen LogP contribution in [0.1, 0.15) is 5.56 Å².